The highest BCUT2D eigenvalue weighted by molar-refractivity contribution is 5.36. The summed E-state index contributed by atoms with van der Waals surface area (Å²) in [7, 11) is 0. The fourth-order valence-electron chi connectivity index (χ4n) is 1.13. The number of rotatable bonds is 3. The van der Waals surface area contributed by atoms with Crippen LogP contribution in [-0.2, 0) is 0 Å². The van der Waals surface area contributed by atoms with Crippen LogP contribution in [-0.4, -0.2) is 17.0 Å². The second-order valence-corrected chi connectivity index (χ2v) is 4.53. The van der Waals surface area contributed by atoms with Crippen LogP contribution in [0.15, 0.2) is 29.4 Å². The van der Waals surface area contributed by atoms with Gasteiger partial charge in [-0.1, -0.05) is 10.8 Å². The van der Waals surface area contributed by atoms with Gasteiger partial charge in [0.2, 0.25) is 5.69 Å². The average Bonchev–Trinajstić information content (AvgIpc) is 2.24. The zero-order valence-electron chi connectivity index (χ0n) is 10.3. The molecule has 4 nitrogen and oxygen atoms in total. The van der Waals surface area contributed by atoms with E-state index in [1.807, 2.05) is 20.8 Å². The highest BCUT2D eigenvalue weighted by Gasteiger charge is 2.14. The minimum Gasteiger partial charge on any atom is -0.594 e. The van der Waals surface area contributed by atoms with Crippen molar-refractivity contribution in [3.63, 3.8) is 0 Å². The van der Waals surface area contributed by atoms with Crippen LogP contribution in [0.5, 0.6) is 5.75 Å². The molecule has 0 saturated heterocycles. The van der Waals surface area contributed by atoms with Gasteiger partial charge in [0.1, 0.15) is 17.9 Å². The predicted octanol–water partition coefficient (Wildman–Crippen LogP) is 3.09. The van der Waals surface area contributed by atoms with Crippen molar-refractivity contribution in [2.75, 3.05) is 6.61 Å². The van der Waals surface area contributed by atoms with E-state index in [9.17, 15) is 5.21 Å². The van der Waals surface area contributed by atoms with Gasteiger partial charge in [-0.25, -0.2) is 0 Å². The van der Waals surface area contributed by atoms with Gasteiger partial charge in [-0.3, -0.25) is 0 Å². The summed E-state index contributed by atoms with van der Waals surface area (Å²) in [5.74, 6) is 3.01. The van der Waals surface area contributed by atoms with Crippen LogP contribution in [0.1, 0.15) is 20.8 Å². The number of ether oxygens (including phenoxy) is 1. The topological polar surface area (TPSA) is 47.7 Å². The van der Waals surface area contributed by atoms with Crippen LogP contribution in [0, 0.1) is 17.6 Å². The van der Waals surface area contributed by atoms with Crippen molar-refractivity contribution in [3.8, 4) is 18.1 Å². The Morgan fingerprint density at radius 2 is 1.94 bits per heavy atom. The lowest BCUT2D eigenvalue weighted by molar-refractivity contribution is -0.449. The molecule has 0 heterocycles. The van der Waals surface area contributed by atoms with Crippen molar-refractivity contribution in [1.29, 1.82) is 0 Å². The molecule has 0 aliphatic heterocycles. The van der Waals surface area contributed by atoms with Crippen LogP contribution in [0.4, 0.5) is 5.69 Å². The minimum absolute atomic E-state index is 0.215. The summed E-state index contributed by atoms with van der Waals surface area (Å²) < 4.78 is 5.20. The third-order valence-electron chi connectivity index (χ3n) is 1.77. The predicted molar refractivity (Wildman–Crippen MR) is 66.2 cm³/mol. The summed E-state index contributed by atoms with van der Waals surface area (Å²) in [5.41, 5.74) is 0.0633. The van der Waals surface area contributed by atoms with E-state index in [2.05, 4.69) is 11.0 Å². The zero-order valence-corrected chi connectivity index (χ0v) is 10.3. The van der Waals surface area contributed by atoms with Gasteiger partial charge in [-0.05, 0) is 38.0 Å². The second-order valence-electron chi connectivity index (χ2n) is 4.53. The molecule has 0 atom stereocenters. The molecule has 0 radical (unpaired) electrons. The van der Waals surface area contributed by atoms with Crippen molar-refractivity contribution in [2.45, 2.75) is 26.3 Å². The Labute approximate surface area is 102 Å². The second kappa shape index (κ2) is 5.35. The first-order valence-corrected chi connectivity index (χ1v) is 5.29. The van der Waals surface area contributed by atoms with E-state index in [0.717, 1.165) is 0 Å². The maximum Gasteiger partial charge on any atom is 0.244 e. The van der Waals surface area contributed by atoms with E-state index in [-0.39, 0.29) is 6.61 Å². The van der Waals surface area contributed by atoms with Gasteiger partial charge in [-0.2, -0.15) is 0 Å². The Kier molecular flexibility index (Phi) is 4.11. The van der Waals surface area contributed by atoms with Crippen molar-refractivity contribution in [2.24, 2.45) is 5.11 Å². The molecule has 0 spiro atoms. The van der Waals surface area contributed by atoms with Gasteiger partial charge in [0.15, 0.2) is 0 Å². The van der Waals surface area contributed by atoms with E-state index in [1.54, 1.807) is 24.3 Å². The third-order valence-corrected chi connectivity index (χ3v) is 1.77. The van der Waals surface area contributed by atoms with E-state index < -0.39 is 5.54 Å². The van der Waals surface area contributed by atoms with E-state index >= 15 is 0 Å². The van der Waals surface area contributed by atoms with Crippen LogP contribution < -0.4 is 4.74 Å². The molecular weight excluding hydrogens is 216 g/mol. The molecular formula is C13H16N2O2. The summed E-state index contributed by atoms with van der Waals surface area (Å²) in [5, 5.41) is 15.6. The maximum atomic E-state index is 11.7. The molecule has 90 valence electrons. The molecule has 0 aliphatic carbocycles. The first-order valence-electron chi connectivity index (χ1n) is 5.29. The van der Waals surface area contributed by atoms with Gasteiger partial charge < -0.3 is 9.94 Å². The largest absolute Gasteiger partial charge is 0.594 e. The molecule has 17 heavy (non-hydrogen) atoms. The maximum absolute atomic E-state index is 11.7. The number of hydrogen-bond donors (Lipinski definition) is 0. The van der Waals surface area contributed by atoms with Crippen LogP contribution in [0.3, 0.4) is 0 Å². The van der Waals surface area contributed by atoms with Crippen molar-refractivity contribution in [1.82, 2.24) is 0 Å². The van der Waals surface area contributed by atoms with Crippen molar-refractivity contribution < 1.29 is 9.60 Å². The molecule has 1 rings (SSSR count). The standard InChI is InChI=1S/C13H16N2O2/c1-5-10-17-12-8-6-11(7-9-12)15(16)14-13(2,3)4/h1,6-9H,10H2,2-4H3. The van der Waals surface area contributed by atoms with Crippen LogP contribution >= 0.6 is 0 Å². The molecule has 0 unspecified atom stereocenters. The van der Waals surface area contributed by atoms with Gasteiger partial charge in [0.25, 0.3) is 0 Å². The normalized spacial score (nSPS) is 12.0. The molecule has 0 aliphatic rings. The molecule has 4 heteroatoms. The van der Waals surface area contributed by atoms with Crippen LogP contribution in [0.2, 0.25) is 0 Å². The molecule has 1 aromatic rings. The smallest absolute Gasteiger partial charge is 0.244 e. The number of hydrogen-bond acceptors (Lipinski definition) is 3. The molecule has 0 fully saturated rings. The molecule has 0 N–H and O–H groups in total. The quantitative estimate of drug-likeness (QED) is 0.348. The highest BCUT2D eigenvalue weighted by atomic mass is 16.5. The number of azo groups is 1. The first-order chi connectivity index (χ1) is 7.92. The monoisotopic (exact) mass is 232 g/mol. The van der Waals surface area contributed by atoms with Crippen molar-refractivity contribution in [3.05, 3.63) is 29.5 Å². The summed E-state index contributed by atoms with van der Waals surface area (Å²) in [6.07, 6.45) is 5.08. The van der Waals surface area contributed by atoms with Gasteiger partial charge >= 0.3 is 0 Å². The molecule has 1 aromatic carbocycles. The Bertz CT molecular complexity index is 436. The summed E-state index contributed by atoms with van der Waals surface area (Å²) in [6, 6.07) is 6.67. The lowest BCUT2D eigenvalue weighted by atomic mass is 10.1. The molecule has 0 amide bonds. The van der Waals surface area contributed by atoms with E-state index in [4.69, 9.17) is 11.2 Å². The van der Waals surface area contributed by atoms with E-state index in [0.29, 0.717) is 16.3 Å². The number of nitrogens with zero attached hydrogens (tertiary/aromatic N) is 2. The molecule has 0 aromatic heterocycles. The van der Waals surface area contributed by atoms with Gasteiger partial charge in [0.05, 0.1) is 0 Å². The van der Waals surface area contributed by atoms with Crippen LogP contribution in [0.25, 0.3) is 0 Å². The fourth-order valence-corrected chi connectivity index (χ4v) is 1.13. The molecule has 0 saturated carbocycles. The van der Waals surface area contributed by atoms with Gasteiger partial charge in [-0.15, -0.1) is 6.42 Å². The Morgan fingerprint density at radius 3 is 2.41 bits per heavy atom. The fraction of sp³-hybridized carbons (Fsp3) is 0.385. The van der Waals surface area contributed by atoms with Crippen molar-refractivity contribution >= 4 is 5.69 Å². The average molecular weight is 232 g/mol. The molecule has 0 bridgehead atoms. The Balaban J connectivity index is 2.81. The SMILES string of the molecule is C#CCOc1ccc([N+]([O-])=NC(C)(C)C)cc1. The summed E-state index contributed by atoms with van der Waals surface area (Å²) >= 11 is 0. The summed E-state index contributed by atoms with van der Waals surface area (Å²) in [6.45, 7) is 5.81. The van der Waals surface area contributed by atoms with Gasteiger partial charge in [0, 0.05) is 12.1 Å². The zero-order chi connectivity index (χ0) is 12.9. The highest BCUT2D eigenvalue weighted by Crippen LogP contribution is 2.19. The minimum atomic E-state index is -0.402. The Hall–Kier alpha value is -2.02. The lowest BCUT2D eigenvalue weighted by Gasteiger charge is -2.09. The first kappa shape index (κ1) is 13.0. The van der Waals surface area contributed by atoms with E-state index in [1.165, 1.54) is 0 Å². The number of benzene rings is 1. The summed E-state index contributed by atoms with van der Waals surface area (Å²) in [4.78, 5) is 0.616. The lowest BCUT2D eigenvalue weighted by Crippen LogP contribution is -2.12. The third kappa shape index (κ3) is 4.56. The Morgan fingerprint density at radius 1 is 1.35 bits per heavy atom. The number of terminal acetylenes is 1.